The molecule has 1 aromatic carbocycles. The molecule has 2 aromatic heterocycles. The van der Waals surface area contributed by atoms with Gasteiger partial charge in [0.05, 0.1) is 17.6 Å². The zero-order valence-corrected chi connectivity index (χ0v) is 14.3. The Balaban J connectivity index is 2.09. The van der Waals surface area contributed by atoms with E-state index in [1.54, 1.807) is 37.8 Å². The van der Waals surface area contributed by atoms with E-state index >= 15 is 0 Å². The van der Waals surface area contributed by atoms with Crippen LogP contribution in [0.5, 0.6) is 0 Å². The number of hydrogen-bond acceptors (Lipinski definition) is 4. The van der Waals surface area contributed by atoms with Crippen LogP contribution in [-0.4, -0.2) is 27.6 Å². The standard InChI is InChI=1S/C15H17N5O3S/c1-11-14(17-24(22,23)13-9-16-18(2)10-13)15(21)20(19(11)3)12-7-5-4-6-8-12/h4-10,17H,1-3H3. The quantitative estimate of drug-likeness (QED) is 0.763. The SMILES string of the molecule is Cc1c(NS(=O)(=O)c2cnn(C)c2)c(=O)n(-c2ccccc2)n1C. The lowest BCUT2D eigenvalue weighted by atomic mass is 10.3. The van der Waals surface area contributed by atoms with Crippen molar-refractivity contribution in [2.75, 3.05) is 4.72 Å². The third-order valence-corrected chi connectivity index (χ3v) is 5.09. The van der Waals surface area contributed by atoms with Crippen molar-refractivity contribution in [3.63, 3.8) is 0 Å². The molecule has 3 rings (SSSR count). The summed E-state index contributed by atoms with van der Waals surface area (Å²) in [6.45, 7) is 1.68. The fourth-order valence-electron chi connectivity index (χ4n) is 2.42. The predicted molar refractivity (Wildman–Crippen MR) is 89.8 cm³/mol. The lowest BCUT2D eigenvalue weighted by molar-refractivity contribution is 0.601. The fraction of sp³-hybridized carbons (Fsp3) is 0.200. The molecule has 0 saturated heterocycles. The average Bonchev–Trinajstić information content (AvgIpc) is 3.07. The van der Waals surface area contributed by atoms with Gasteiger partial charge in [0.25, 0.3) is 15.6 Å². The minimum atomic E-state index is -3.88. The van der Waals surface area contributed by atoms with Gasteiger partial charge in [0, 0.05) is 20.3 Å². The van der Waals surface area contributed by atoms with Crippen LogP contribution in [0.3, 0.4) is 0 Å². The zero-order chi connectivity index (χ0) is 17.5. The van der Waals surface area contributed by atoms with Gasteiger partial charge in [-0.15, -0.1) is 0 Å². The number of para-hydroxylation sites is 1. The van der Waals surface area contributed by atoms with Crippen molar-refractivity contribution in [1.29, 1.82) is 0 Å². The molecule has 0 aliphatic rings. The molecule has 1 N–H and O–H groups in total. The molecule has 2 heterocycles. The maximum Gasteiger partial charge on any atom is 0.296 e. The van der Waals surface area contributed by atoms with Crippen molar-refractivity contribution < 1.29 is 8.42 Å². The highest BCUT2D eigenvalue weighted by Crippen LogP contribution is 2.18. The topological polar surface area (TPSA) is 90.9 Å². The van der Waals surface area contributed by atoms with Gasteiger partial charge in [-0.2, -0.15) is 5.10 Å². The van der Waals surface area contributed by atoms with Gasteiger partial charge in [0.15, 0.2) is 0 Å². The van der Waals surface area contributed by atoms with Gasteiger partial charge in [-0.05, 0) is 19.1 Å². The average molecular weight is 347 g/mol. The summed E-state index contributed by atoms with van der Waals surface area (Å²) in [6, 6.07) is 9.02. The van der Waals surface area contributed by atoms with E-state index in [0.717, 1.165) is 0 Å². The number of nitrogens with zero attached hydrogens (tertiary/aromatic N) is 4. The Kier molecular flexibility index (Phi) is 3.80. The number of benzene rings is 1. The van der Waals surface area contributed by atoms with Crippen LogP contribution in [0, 0.1) is 6.92 Å². The first-order valence-electron chi connectivity index (χ1n) is 7.17. The first-order valence-corrected chi connectivity index (χ1v) is 8.65. The third kappa shape index (κ3) is 2.62. The fourth-order valence-corrected chi connectivity index (χ4v) is 3.52. The molecule has 0 aliphatic carbocycles. The van der Waals surface area contributed by atoms with Crippen molar-refractivity contribution >= 4 is 15.7 Å². The van der Waals surface area contributed by atoms with Crippen LogP contribution in [-0.2, 0) is 24.1 Å². The van der Waals surface area contributed by atoms with Crippen molar-refractivity contribution in [3.8, 4) is 5.69 Å². The van der Waals surface area contributed by atoms with Gasteiger partial charge in [-0.1, -0.05) is 18.2 Å². The monoisotopic (exact) mass is 347 g/mol. The van der Waals surface area contributed by atoms with E-state index in [1.165, 1.54) is 21.8 Å². The maximum absolute atomic E-state index is 12.7. The molecule has 9 heteroatoms. The predicted octanol–water partition coefficient (Wildman–Crippen LogP) is 1.02. The van der Waals surface area contributed by atoms with Crippen LogP contribution in [0.25, 0.3) is 5.69 Å². The number of nitrogens with one attached hydrogen (secondary N) is 1. The first-order chi connectivity index (χ1) is 11.3. The molecule has 0 saturated carbocycles. The molecule has 0 amide bonds. The summed E-state index contributed by atoms with van der Waals surface area (Å²) in [6.07, 6.45) is 2.60. The van der Waals surface area contributed by atoms with Crippen LogP contribution in [0.15, 0.2) is 52.4 Å². The summed E-state index contributed by atoms with van der Waals surface area (Å²) in [7, 11) is -0.563. The molecule has 24 heavy (non-hydrogen) atoms. The highest BCUT2D eigenvalue weighted by molar-refractivity contribution is 7.92. The molecule has 0 unspecified atom stereocenters. The number of aromatic nitrogens is 4. The van der Waals surface area contributed by atoms with Crippen LogP contribution in [0.2, 0.25) is 0 Å². The third-order valence-electron chi connectivity index (χ3n) is 3.78. The van der Waals surface area contributed by atoms with Crippen LogP contribution in [0.1, 0.15) is 5.69 Å². The molecular weight excluding hydrogens is 330 g/mol. The molecule has 3 aromatic rings. The van der Waals surface area contributed by atoms with Crippen molar-refractivity contribution in [1.82, 2.24) is 19.1 Å². The highest BCUT2D eigenvalue weighted by Gasteiger charge is 2.23. The first kappa shape index (κ1) is 16.1. The summed E-state index contributed by atoms with van der Waals surface area (Å²) in [5, 5.41) is 3.85. The Morgan fingerprint density at radius 1 is 1.12 bits per heavy atom. The Bertz CT molecular complexity index is 1040. The Morgan fingerprint density at radius 2 is 1.79 bits per heavy atom. The van der Waals surface area contributed by atoms with Crippen LogP contribution < -0.4 is 10.3 Å². The van der Waals surface area contributed by atoms with Crippen molar-refractivity contribution in [3.05, 3.63) is 58.8 Å². The Hall–Kier alpha value is -2.81. The second kappa shape index (κ2) is 5.68. The van der Waals surface area contributed by atoms with E-state index in [2.05, 4.69) is 9.82 Å². The summed E-state index contributed by atoms with van der Waals surface area (Å²) in [5.74, 6) is 0. The van der Waals surface area contributed by atoms with Crippen molar-refractivity contribution in [2.45, 2.75) is 11.8 Å². The number of sulfonamides is 1. The lowest BCUT2D eigenvalue weighted by Crippen LogP contribution is -2.23. The lowest BCUT2D eigenvalue weighted by Gasteiger charge is -2.07. The normalized spacial score (nSPS) is 11.6. The number of aryl methyl sites for hydroxylation is 1. The molecule has 0 atom stereocenters. The molecule has 0 bridgehead atoms. The second-order valence-corrected chi connectivity index (χ2v) is 7.07. The van der Waals surface area contributed by atoms with Gasteiger partial charge in [0.1, 0.15) is 10.6 Å². The Labute approximate surface area is 139 Å². The van der Waals surface area contributed by atoms with Crippen LogP contribution in [0.4, 0.5) is 5.69 Å². The smallest absolute Gasteiger partial charge is 0.283 e. The summed E-state index contributed by atoms with van der Waals surface area (Å²) < 4.78 is 31.7. The van der Waals surface area contributed by atoms with Gasteiger partial charge in [-0.3, -0.25) is 18.9 Å². The van der Waals surface area contributed by atoms with E-state index < -0.39 is 15.6 Å². The Morgan fingerprint density at radius 3 is 2.38 bits per heavy atom. The van der Waals surface area contributed by atoms with E-state index in [1.807, 2.05) is 18.2 Å². The van der Waals surface area contributed by atoms with Gasteiger partial charge < -0.3 is 0 Å². The molecule has 8 nitrogen and oxygen atoms in total. The number of anilines is 1. The maximum atomic E-state index is 12.7. The van der Waals surface area contributed by atoms with Crippen LogP contribution >= 0.6 is 0 Å². The molecular formula is C15H17N5O3S. The van der Waals surface area contributed by atoms with E-state index in [9.17, 15) is 13.2 Å². The van der Waals surface area contributed by atoms with Crippen molar-refractivity contribution in [2.24, 2.45) is 14.1 Å². The summed E-state index contributed by atoms with van der Waals surface area (Å²) in [5.41, 5.74) is 0.745. The minimum Gasteiger partial charge on any atom is -0.283 e. The van der Waals surface area contributed by atoms with E-state index in [0.29, 0.717) is 11.4 Å². The van der Waals surface area contributed by atoms with Gasteiger partial charge in [-0.25, -0.2) is 13.1 Å². The second-order valence-electron chi connectivity index (χ2n) is 5.39. The molecule has 0 fully saturated rings. The zero-order valence-electron chi connectivity index (χ0n) is 13.5. The molecule has 0 aliphatic heterocycles. The van der Waals surface area contributed by atoms with Gasteiger partial charge >= 0.3 is 0 Å². The molecule has 126 valence electrons. The van der Waals surface area contributed by atoms with E-state index in [4.69, 9.17) is 0 Å². The number of rotatable bonds is 4. The largest absolute Gasteiger partial charge is 0.296 e. The molecule has 0 radical (unpaired) electrons. The summed E-state index contributed by atoms with van der Waals surface area (Å²) >= 11 is 0. The minimum absolute atomic E-state index is 0.00101. The summed E-state index contributed by atoms with van der Waals surface area (Å²) in [4.78, 5) is 12.7. The number of hydrogen-bond donors (Lipinski definition) is 1. The van der Waals surface area contributed by atoms with Gasteiger partial charge in [0.2, 0.25) is 0 Å². The van der Waals surface area contributed by atoms with E-state index in [-0.39, 0.29) is 10.6 Å². The highest BCUT2D eigenvalue weighted by atomic mass is 32.2. The molecule has 0 spiro atoms.